The van der Waals surface area contributed by atoms with Crippen LogP contribution in [0.3, 0.4) is 0 Å². The number of benzene rings is 2. The van der Waals surface area contributed by atoms with Crippen molar-refractivity contribution >= 4 is 45.1 Å². The standard InChI is InChI=1S/C22H26BrN5O3/c1-16-6-8-20(19(23)12-16)24-15-22(29)26-25-14-17-13-18(28(30)31)7-9-21(17)27-10-4-2-3-5-11-27/h6-9,12-14,24H,2-5,10-11,15H2,1H3,(H,26,29)/b25-14+. The Bertz CT molecular complexity index is 972. The normalized spacial score (nSPS) is 14.3. The number of rotatable bonds is 7. The largest absolute Gasteiger partial charge is 0.375 e. The van der Waals surface area contributed by atoms with Crippen LogP contribution in [0.5, 0.6) is 0 Å². The zero-order chi connectivity index (χ0) is 22.2. The first-order valence-corrected chi connectivity index (χ1v) is 11.1. The summed E-state index contributed by atoms with van der Waals surface area (Å²) in [6.07, 6.45) is 6.03. The quantitative estimate of drug-likeness (QED) is 0.337. The predicted octanol–water partition coefficient (Wildman–Crippen LogP) is 4.61. The van der Waals surface area contributed by atoms with Gasteiger partial charge in [0, 0.05) is 46.6 Å². The van der Waals surface area contributed by atoms with E-state index in [2.05, 4.69) is 36.7 Å². The molecule has 0 atom stereocenters. The van der Waals surface area contributed by atoms with Crippen LogP contribution in [0.2, 0.25) is 0 Å². The average Bonchev–Trinajstić information content (AvgIpc) is 3.02. The van der Waals surface area contributed by atoms with Crippen molar-refractivity contribution in [3.05, 3.63) is 62.1 Å². The molecule has 164 valence electrons. The lowest BCUT2D eigenvalue weighted by Gasteiger charge is -2.24. The van der Waals surface area contributed by atoms with E-state index in [1.165, 1.54) is 31.2 Å². The average molecular weight is 488 g/mol. The second-order valence-electron chi connectivity index (χ2n) is 7.53. The molecule has 0 unspecified atom stereocenters. The number of anilines is 2. The summed E-state index contributed by atoms with van der Waals surface area (Å²) >= 11 is 3.47. The van der Waals surface area contributed by atoms with Gasteiger partial charge in [-0.05, 0) is 59.5 Å². The Morgan fingerprint density at radius 1 is 1.19 bits per heavy atom. The van der Waals surface area contributed by atoms with Crippen molar-refractivity contribution in [2.75, 3.05) is 29.9 Å². The van der Waals surface area contributed by atoms with Gasteiger partial charge < -0.3 is 10.2 Å². The number of carbonyl (C=O) groups excluding carboxylic acids is 1. The molecule has 31 heavy (non-hydrogen) atoms. The molecule has 2 aromatic rings. The molecule has 2 N–H and O–H groups in total. The summed E-state index contributed by atoms with van der Waals surface area (Å²) < 4.78 is 0.877. The van der Waals surface area contributed by atoms with Crippen molar-refractivity contribution in [2.24, 2.45) is 5.10 Å². The molecule has 1 amide bonds. The molecule has 1 aliphatic heterocycles. The van der Waals surface area contributed by atoms with Crippen LogP contribution in [0.15, 0.2) is 46.0 Å². The Labute approximate surface area is 190 Å². The van der Waals surface area contributed by atoms with Crippen molar-refractivity contribution in [3.63, 3.8) is 0 Å². The van der Waals surface area contributed by atoms with Crippen LogP contribution in [-0.2, 0) is 4.79 Å². The molecule has 9 heteroatoms. The zero-order valence-corrected chi connectivity index (χ0v) is 19.0. The zero-order valence-electron chi connectivity index (χ0n) is 17.4. The topological polar surface area (TPSA) is 99.9 Å². The third kappa shape index (κ3) is 6.52. The SMILES string of the molecule is Cc1ccc(NCC(=O)N/N=C/c2cc([N+](=O)[O-])ccc2N2CCCCCC2)c(Br)c1. The van der Waals surface area contributed by atoms with Crippen LogP contribution >= 0.6 is 15.9 Å². The summed E-state index contributed by atoms with van der Waals surface area (Å²) in [5, 5.41) is 18.3. The molecule has 0 aliphatic carbocycles. The molecule has 0 bridgehead atoms. The van der Waals surface area contributed by atoms with Gasteiger partial charge in [0.25, 0.3) is 11.6 Å². The Kier molecular flexibility index (Phi) is 8.00. The number of halogens is 1. The van der Waals surface area contributed by atoms with Crippen LogP contribution in [0.1, 0.15) is 36.8 Å². The first kappa shape index (κ1) is 22.7. The fraction of sp³-hybridized carbons (Fsp3) is 0.364. The lowest BCUT2D eigenvalue weighted by atomic mass is 10.1. The second-order valence-corrected chi connectivity index (χ2v) is 8.39. The van der Waals surface area contributed by atoms with Crippen molar-refractivity contribution in [1.82, 2.24) is 5.43 Å². The van der Waals surface area contributed by atoms with Gasteiger partial charge in [-0.15, -0.1) is 0 Å². The van der Waals surface area contributed by atoms with E-state index in [1.54, 1.807) is 6.07 Å². The van der Waals surface area contributed by atoms with Crippen molar-refractivity contribution in [1.29, 1.82) is 0 Å². The Morgan fingerprint density at radius 3 is 2.61 bits per heavy atom. The van der Waals surface area contributed by atoms with E-state index in [9.17, 15) is 14.9 Å². The van der Waals surface area contributed by atoms with Crippen LogP contribution in [-0.4, -0.2) is 36.7 Å². The second kappa shape index (κ2) is 10.9. The van der Waals surface area contributed by atoms with E-state index in [1.807, 2.05) is 25.1 Å². The maximum atomic E-state index is 12.2. The van der Waals surface area contributed by atoms with E-state index in [-0.39, 0.29) is 18.1 Å². The van der Waals surface area contributed by atoms with Gasteiger partial charge >= 0.3 is 0 Å². The Morgan fingerprint density at radius 2 is 1.94 bits per heavy atom. The minimum absolute atomic E-state index is 0.00256. The minimum atomic E-state index is -0.425. The van der Waals surface area contributed by atoms with Crippen molar-refractivity contribution < 1.29 is 9.72 Å². The summed E-state index contributed by atoms with van der Waals surface area (Å²) in [6.45, 7) is 3.84. The van der Waals surface area contributed by atoms with Crippen LogP contribution in [0.4, 0.5) is 17.1 Å². The molecule has 1 aliphatic rings. The highest BCUT2D eigenvalue weighted by molar-refractivity contribution is 9.10. The Balaban J connectivity index is 1.67. The third-order valence-corrected chi connectivity index (χ3v) is 5.78. The molecule has 1 fully saturated rings. The molecule has 0 radical (unpaired) electrons. The molecule has 8 nitrogen and oxygen atoms in total. The molecular weight excluding hydrogens is 462 g/mol. The fourth-order valence-electron chi connectivity index (χ4n) is 3.51. The molecule has 1 saturated heterocycles. The molecule has 0 spiro atoms. The molecule has 3 rings (SSSR count). The highest BCUT2D eigenvalue weighted by Crippen LogP contribution is 2.27. The van der Waals surface area contributed by atoms with E-state index in [0.29, 0.717) is 5.56 Å². The van der Waals surface area contributed by atoms with Crippen molar-refractivity contribution in [2.45, 2.75) is 32.6 Å². The summed E-state index contributed by atoms with van der Waals surface area (Å²) in [5.41, 5.74) is 5.92. The van der Waals surface area contributed by atoms with Gasteiger partial charge in [0.05, 0.1) is 17.7 Å². The summed E-state index contributed by atoms with van der Waals surface area (Å²) in [5.74, 6) is -0.314. The lowest BCUT2D eigenvalue weighted by molar-refractivity contribution is -0.384. The van der Waals surface area contributed by atoms with Gasteiger partial charge in [-0.1, -0.05) is 18.9 Å². The number of aryl methyl sites for hydroxylation is 1. The van der Waals surface area contributed by atoms with E-state index < -0.39 is 4.92 Å². The number of hydrogen-bond acceptors (Lipinski definition) is 6. The number of hydrogen-bond donors (Lipinski definition) is 2. The van der Waals surface area contributed by atoms with Crippen LogP contribution < -0.4 is 15.6 Å². The first-order chi connectivity index (χ1) is 14.9. The van der Waals surface area contributed by atoms with Gasteiger partial charge in [-0.25, -0.2) is 5.43 Å². The number of nitro groups is 1. The number of nitrogens with zero attached hydrogens (tertiary/aromatic N) is 3. The number of nitrogens with one attached hydrogen (secondary N) is 2. The van der Waals surface area contributed by atoms with Gasteiger partial charge in [-0.2, -0.15) is 5.10 Å². The highest BCUT2D eigenvalue weighted by atomic mass is 79.9. The predicted molar refractivity (Wildman–Crippen MR) is 127 cm³/mol. The highest BCUT2D eigenvalue weighted by Gasteiger charge is 2.16. The van der Waals surface area contributed by atoms with E-state index in [0.717, 1.165) is 47.3 Å². The number of carbonyl (C=O) groups is 1. The number of hydrazone groups is 1. The Hall–Kier alpha value is -2.94. The minimum Gasteiger partial charge on any atom is -0.375 e. The molecule has 0 aromatic heterocycles. The third-order valence-electron chi connectivity index (χ3n) is 5.13. The van der Waals surface area contributed by atoms with Gasteiger partial charge in [-0.3, -0.25) is 14.9 Å². The maximum absolute atomic E-state index is 12.2. The van der Waals surface area contributed by atoms with E-state index in [4.69, 9.17) is 0 Å². The lowest BCUT2D eigenvalue weighted by Crippen LogP contribution is -2.27. The summed E-state index contributed by atoms with van der Waals surface area (Å²) in [7, 11) is 0. The molecule has 0 saturated carbocycles. The summed E-state index contributed by atoms with van der Waals surface area (Å²) in [6, 6.07) is 10.6. The molecule has 2 aromatic carbocycles. The number of nitro benzene ring substituents is 1. The number of non-ortho nitro benzene ring substituents is 1. The van der Waals surface area contributed by atoms with Gasteiger partial charge in [0.15, 0.2) is 0 Å². The first-order valence-electron chi connectivity index (χ1n) is 10.3. The maximum Gasteiger partial charge on any atom is 0.270 e. The summed E-state index contributed by atoms with van der Waals surface area (Å²) in [4.78, 5) is 25.2. The van der Waals surface area contributed by atoms with E-state index >= 15 is 0 Å². The number of amides is 1. The monoisotopic (exact) mass is 487 g/mol. The van der Waals surface area contributed by atoms with Gasteiger partial charge in [0.1, 0.15) is 0 Å². The molecule has 1 heterocycles. The van der Waals surface area contributed by atoms with Gasteiger partial charge in [0.2, 0.25) is 0 Å². The van der Waals surface area contributed by atoms with Crippen LogP contribution in [0, 0.1) is 17.0 Å². The molecular formula is C22H26BrN5O3. The van der Waals surface area contributed by atoms with Crippen molar-refractivity contribution in [3.8, 4) is 0 Å². The van der Waals surface area contributed by atoms with Crippen LogP contribution in [0.25, 0.3) is 0 Å². The smallest absolute Gasteiger partial charge is 0.270 e. The fourth-order valence-corrected chi connectivity index (χ4v) is 4.14.